The van der Waals surface area contributed by atoms with Crippen LogP contribution in [0.5, 0.6) is 0 Å². The minimum Gasteiger partial charge on any atom is -0.340 e. The van der Waals surface area contributed by atoms with Crippen LogP contribution in [0, 0.1) is 5.82 Å². The predicted molar refractivity (Wildman–Crippen MR) is 91.6 cm³/mol. The van der Waals surface area contributed by atoms with Crippen LogP contribution >= 0.6 is 0 Å². The van der Waals surface area contributed by atoms with E-state index in [-0.39, 0.29) is 17.6 Å². The van der Waals surface area contributed by atoms with E-state index in [2.05, 4.69) is 10.6 Å². The Kier molecular flexibility index (Phi) is 4.04. The molecule has 3 rings (SSSR count). The van der Waals surface area contributed by atoms with Crippen LogP contribution in [0.15, 0.2) is 48.5 Å². The van der Waals surface area contributed by atoms with Crippen molar-refractivity contribution in [3.05, 3.63) is 60.0 Å². The first-order chi connectivity index (χ1) is 11.4. The zero-order valence-corrected chi connectivity index (χ0v) is 13.3. The Bertz CT molecular complexity index is 947. The Morgan fingerprint density at radius 1 is 1.00 bits per heavy atom. The third kappa shape index (κ3) is 3.12. The van der Waals surface area contributed by atoms with Gasteiger partial charge in [-0.25, -0.2) is 4.39 Å². The Hall–Kier alpha value is -3.15. The summed E-state index contributed by atoms with van der Waals surface area (Å²) in [7, 11) is 1.71. The molecule has 24 heavy (non-hydrogen) atoms. The average molecular weight is 325 g/mol. The maximum Gasteiger partial charge on any atom is 0.272 e. The van der Waals surface area contributed by atoms with Crippen molar-refractivity contribution in [1.82, 2.24) is 4.57 Å². The highest BCUT2D eigenvalue weighted by Gasteiger charge is 2.14. The van der Waals surface area contributed by atoms with Crippen LogP contribution in [0.1, 0.15) is 17.4 Å². The number of aryl methyl sites for hydroxylation is 1. The van der Waals surface area contributed by atoms with E-state index in [4.69, 9.17) is 0 Å². The number of amides is 2. The molecule has 1 aromatic heterocycles. The number of hydrogen-bond donors (Lipinski definition) is 2. The average Bonchev–Trinajstić information content (AvgIpc) is 2.84. The molecule has 0 saturated carbocycles. The van der Waals surface area contributed by atoms with Crippen LogP contribution in [0.4, 0.5) is 15.8 Å². The van der Waals surface area contributed by atoms with Crippen LogP contribution in [0.2, 0.25) is 0 Å². The fraction of sp³-hybridized carbons (Fsp3) is 0.111. The lowest BCUT2D eigenvalue weighted by Gasteiger charge is -2.08. The van der Waals surface area contributed by atoms with Crippen LogP contribution in [0.25, 0.3) is 10.9 Å². The van der Waals surface area contributed by atoms with Crippen molar-refractivity contribution in [2.45, 2.75) is 6.92 Å². The molecule has 0 spiro atoms. The van der Waals surface area contributed by atoms with Gasteiger partial charge in [-0.2, -0.15) is 0 Å². The predicted octanol–water partition coefficient (Wildman–Crippen LogP) is 3.53. The zero-order chi connectivity index (χ0) is 17.3. The summed E-state index contributed by atoms with van der Waals surface area (Å²) < 4.78 is 15.0. The van der Waals surface area contributed by atoms with Gasteiger partial charge in [0.15, 0.2) is 0 Å². The second kappa shape index (κ2) is 6.16. The third-order valence-corrected chi connectivity index (χ3v) is 3.68. The summed E-state index contributed by atoms with van der Waals surface area (Å²) in [6.45, 7) is 1.42. The van der Waals surface area contributed by atoms with Crippen molar-refractivity contribution in [2.75, 3.05) is 10.6 Å². The van der Waals surface area contributed by atoms with Crippen molar-refractivity contribution >= 4 is 34.1 Å². The SMILES string of the molecule is CC(=O)Nc1cccc(NC(=O)c2cc3ccc(F)cc3n2C)c1. The van der Waals surface area contributed by atoms with Crippen molar-refractivity contribution < 1.29 is 14.0 Å². The van der Waals surface area contributed by atoms with E-state index in [1.54, 1.807) is 48.0 Å². The highest BCUT2D eigenvalue weighted by Crippen LogP contribution is 2.21. The third-order valence-electron chi connectivity index (χ3n) is 3.68. The van der Waals surface area contributed by atoms with Gasteiger partial charge in [-0.1, -0.05) is 6.07 Å². The van der Waals surface area contributed by atoms with Gasteiger partial charge in [0.2, 0.25) is 5.91 Å². The molecule has 0 aliphatic carbocycles. The Morgan fingerprint density at radius 3 is 2.42 bits per heavy atom. The minimum absolute atomic E-state index is 0.186. The molecule has 122 valence electrons. The van der Waals surface area contributed by atoms with Gasteiger partial charge in [0, 0.05) is 30.7 Å². The molecule has 2 aromatic carbocycles. The second-order valence-corrected chi connectivity index (χ2v) is 5.51. The van der Waals surface area contributed by atoms with Crippen LogP contribution in [-0.2, 0) is 11.8 Å². The van der Waals surface area contributed by atoms with Crippen LogP contribution < -0.4 is 10.6 Å². The summed E-state index contributed by atoms with van der Waals surface area (Å²) in [6, 6.07) is 13.0. The summed E-state index contributed by atoms with van der Waals surface area (Å²) in [5, 5.41) is 6.23. The highest BCUT2D eigenvalue weighted by molar-refractivity contribution is 6.06. The molecule has 0 radical (unpaired) electrons. The number of fused-ring (bicyclic) bond motifs is 1. The minimum atomic E-state index is -0.348. The molecule has 2 amide bonds. The summed E-state index contributed by atoms with van der Waals surface area (Å²) >= 11 is 0. The molecule has 3 aromatic rings. The van der Waals surface area contributed by atoms with Gasteiger partial charge in [0.05, 0.1) is 5.52 Å². The Labute approximate surface area is 138 Å². The van der Waals surface area contributed by atoms with Gasteiger partial charge < -0.3 is 15.2 Å². The van der Waals surface area contributed by atoms with Gasteiger partial charge in [0.1, 0.15) is 11.5 Å². The highest BCUT2D eigenvalue weighted by atomic mass is 19.1. The molecule has 0 saturated heterocycles. The number of hydrogen-bond acceptors (Lipinski definition) is 2. The van der Waals surface area contributed by atoms with Crippen LogP contribution in [-0.4, -0.2) is 16.4 Å². The molecular formula is C18H16FN3O2. The number of benzene rings is 2. The molecule has 0 bridgehead atoms. The normalized spacial score (nSPS) is 10.6. The number of rotatable bonds is 3. The topological polar surface area (TPSA) is 63.1 Å². The van der Waals surface area contributed by atoms with E-state index in [0.29, 0.717) is 22.6 Å². The van der Waals surface area contributed by atoms with Crippen molar-refractivity contribution in [2.24, 2.45) is 7.05 Å². The number of carbonyl (C=O) groups excluding carboxylic acids is 2. The number of carbonyl (C=O) groups is 2. The number of aromatic nitrogens is 1. The molecule has 2 N–H and O–H groups in total. The molecule has 0 unspecified atom stereocenters. The first kappa shape index (κ1) is 15.7. The smallest absolute Gasteiger partial charge is 0.272 e. The van der Waals surface area contributed by atoms with Gasteiger partial charge in [-0.3, -0.25) is 9.59 Å². The Balaban J connectivity index is 1.87. The van der Waals surface area contributed by atoms with E-state index < -0.39 is 0 Å². The van der Waals surface area contributed by atoms with Gasteiger partial charge >= 0.3 is 0 Å². The number of anilines is 2. The molecule has 0 aliphatic rings. The summed E-state index contributed by atoms with van der Waals surface area (Å²) in [6.07, 6.45) is 0. The van der Waals surface area contributed by atoms with E-state index in [1.807, 2.05) is 0 Å². The molecule has 0 aliphatic heterocycles. The molecular weight excluding hydrogens is 309 g/mol. The molecule has 6 heteroatoms. The molecule has 0 fully saturated rings. The fourth-order valence-electron chi connectivity index (χ4n) is 2.59. The van der Waals surface area contributed by atoms with Crippen molar-refractivity contribution in [3.8, 4) is 0 Å². The molecule has 0 atom stereocenters. The van der Waals surface area contributed by atoms with E-state index >= 15 is 0 Å². The maximum absolute atomic E-state index is 13.4. The molecule has 1 heterocycles. The number of nitrogens with one attached hydrogen (secondary N) is 2. The number of nitrogens with zero attached hydrogens (tertiary/aromatic N) is 1. The lowest BCUT2D eigenvalue weighted by molar-refractivity contribution is -0.114. The second-order valence-electron chi connectivity index (χ2n) is 5.51. The Morgan fingerprint density at radius 2 is 1.71 bits per heavy atom. The van der Waals surface area contributed by atoms with Gasteiger partial charge in [-0.05, 0) is 42.5 Å². The van der Waals surface area contributed by atoms with Gasteiger partial charge in [0.25, 0.3) is 5.91 Å². The lowest BCUT2D eigenvalue weighted by Crippen LogP contribution is -2.15. The monoisotopic (exact) mass is 325 g/mol. The summed E-state index contributed by atoms with van der Waals surface area (Å²) in [5.41, 5.74) is 2.22. The van der Waals surface area contributed by atoms with Crippen molar-refractivity contribution in [3.63, 3.8) is 0 Å². The maximum atomic E-state index is 13.4. The zero-order valence-electron chi connectivity index (χ0n) is 13.3. The van der Waals surface area contributed by atoms with E-state index in [9.17, 15) is 14.0 Å². The largest absolute Gasteiger partial charge is 0.340 e. The van der Waals surface area contributed by atoms with E-state index in [1.165, 1.54) is 19.1 Å². The standard InChI is InChI=1S/C18H16FN3O2/c1-11(23)20-14-4-3-5-15(10-14)21-18(24)17-8-12-6-7-13(19)9-16(12)22(17)2/h3-10H,1-2H3,(H,20,23)(H,21,24). The summed E-state index contributed by atoms with van der Waals surface area (Å²) in [5.74, 6) is -0.845. The first-order valence-electron chi connectivity index (χ1n) is 7.38. The van der Waals surface area contributed by atoms with E-state index in [0.717, 1.165) is 5.39 Å². The lowest BCUT2D eigenvalue weighted by atomic mass is 10.2. The first-order valence-corrected chi connectivity index (χ1v) is 7.38. The van der Waals surface area contributed by atoms with Crippen molar-refractivity contribution in [1.29, 1.82) is 0 Å². The fourth-order valence-corrected chi connectivity index (χ4v) is 2.59. The quantitative estimate of drug-likeness (QED) is 0.774. The van der Waals surface area contributed by atoms with Gasteiger partial charge in [-0.15, -0.1) is 0 Å². The number of halogens is 1. The molecule has 5 nitrogen and oxygen atoms in total. The van der Waals surface area contributed by atoms with Crippen LogP contribution in [0.3, 0.4) is 0 Å². The summed E-state index contributed by atoms with van der Waals surface area (Å²) in [4.78, 5) is 23.6.